The fourth-order valence-corrected chi connectivity index (χ4v) is 2.84. The van der Waals surface area contributed by atoms with E-state index in [1.54, 1.807) is 6.20 Å². The molecule has 1 aliphatic carbocycles. The largest absolute Gasteiger partial charge is 0.369 e. The van der Waals surface area contributed by atoms with Crippen molar-refractivity contribution in [3.63, 3.8) is 0 Å². The quantitative estimate of drug-likeness (QED) is 0.814. The van der Waals surface area contributed by atoms with Gasteiger partial charge in [-0.15, -0.1) is 0 Å². The molecule has 0 spiro atoms. The predicted octanol–water partition coefficient (Wildman–Crippen LogP) is 1.91. The number of amides is 1. The molecular weight excluding hydrogens is 238 g/mol. The molecule has 1 aliphatic rings. The van der Waals surface area contributed by atoms with Gasteiger partial charge in [0.15, 0.2) is 0 Å². The first-order valence-corrected chi connectivity index (χ1v) is 7.11. The molecule has 0 aliphatic heterocycles. The van der Waals surface area contributed by atoms with Gasteiger partial charge in [0.25, 0.3) is 0 Å². The number of hydrogen-bond donors (Lipinski definition) is 2. The second kappa shape index (κ2) is 6.66. The zero-order valence-electron chi connectivity index (χ0n) is 11.6. The molecule has 0 aromatic carbocycles. The first-order valence-electron chi connectivity index (χ1n) is 7.11. The molecule has 19 heavy (non-hydrogen) atoms. The van der Waals surface area contributed by atoms with Crippen LogP contribution in [0.1, 0.15) is 43.4 Å². The number of aromatic nitrogens is 1. The minimum Gasteiger partial charge on any atom is -0.369 e. The van der Waals surface area contributed by atoms with Crippen molar-refractivity contribution < 1.29 is 4.79 Å². The molecule has 1 fully saturated rings. The Hall–Kier alpha value is -1.42. The lowest BCUT2D eigenvalue weighted by Crippen LogP contribution is -2.42. The lowest BCUT2D eigenvalue weighted by molar-refractivity contribution is -0.122. The first kappa shape index (κ1) is 14.0. The highest BCUT2D eigenvalue weighted by Gasteiger charge is 2.27. The smallest absolute Gasteiger partial charge is 0.222 e. The maximum absolute atomic E-state index is 11.6. The van der Waals surface area contributed by atoms with E-state index in [0.29, 0.717) is 0 Å². The Bertz CT molecular complexity index is 433. The Balaban J connectivity index is 1.99. The number of nitrogens with one attached hydrogen (secondary N) is 1. The Morgan fingerprint density at radius 1 is 1.42 bits per heavy atom. The molecular formula is C15H23N3O. The fourth-order valence-electron chi connectivity index (χ4n) is 2.84. The minimum atomic E-state index is -0.165. The van der Waals surface area contributed by atoms with E-state index in [1.807, 2.05) is 13.0 Å². The second-order valence-electron chi connectivity index (χ2n) is 5.38. The molecule has 0 unspecified atom stereocenters. The van der Waals surface area contributed by atoms with Crippen LogP contribution in [0.15, 0.2) is 18.3 Å². The van der Waals surface area contributed by atoms with Gasteiger partial charge in [0.2, 0.25) is 5.91 Å². The van der Waals surface area contributed by atoms with Crippen LogP contribution >= 0.6 is 0 Å². The molecule has 3 N–H and O–H groups in total. The van der Waals surface area contributed by atoms with Gasteiger partial charge in [-0.2, -0.15) is 0 Å². The maximum atomic E-state index is 11.6. The van der Waals surface area contributed by atoms with Crippen LogP contribution in [-0.2, 0) is 11.3 Å². The summed E-state index contributed by atoms with van der Waals surface area (Å²) in [6, 6.07) is 4.23. The van der Waals surface area contributed by atoms with E-state index in [9.17, 15) is 4.79 Å². The zero-order valence-corrected chi connectivity index (χ0v) is 11.6. The van der Waals surface area contributed by atoms with Crippen LogP contribution in [0.3, 0.4) is 0 Å². The first-order chi connectivity index (χ1) is 9.18. The number of carbonyl (C=O) groups excluding carboxylic acids is 1. The highest BCUT2D eigenvalue weighted by Crippen LogP contribution is 2.23. The van der Waals surface area contributed by atoms with Crippen molar-refractivity contribution in [2.45, 2.75) is 51.6 Å². The molecule has 1 amide bonds. The molecule has 1 aromatic rings. The summed E-state index contributed by atoms with van der Waals surface area (Å²) in [6.45, 7) is 2.77. The third-order valence-electron chi connectivity index (χ3n) is 4.05. The predicted molar refractivity (Wildman–Crippen MR) is 75.4 cm³/mol. The van der Waals surface area contributed by atoms with E-state index in [4.69, 9.17) is 5.73 Å². The molecule has 1 saturated carbocycles. The van der Waals surface area contributed by atoms with E-state index >= 15 is 0 Å². The summed E-state index contributed by atoms with van der Waals surface area (Å²) in [5.41, 5.74) is 7.77. The molecule has 1 heterocycles. The van der Waals surface area contributed by atoms with Crippen LogP contribution in [0.4, 0.5) is 0 Å². The van der Waals surface area contributed by atoms with Gasteiger partial charge in [-0.1, -0.05) is 25.3 Å². The number of carbonyl (C=O) groups is 1. The Kier molecular flexibility index (Phi) is 4.91. The van der Waals surface area contributed by atoms with Gasteiger partial charge in [-0.25, -0.2) is 0 Å². The number of hydrogen-bond acceptors (Lipinski definition) is 3. The van der Waals surface area contributed by atoms with Crippen LogP contribution < -0.4 is 11.1 Å². The second-order valence-corrected chi connectivity index (χ2v) is 5.38. The monoisotopic (exact) mass is 261 g/mol. The third-order valence-corrected chi connectivity index (χ3v) is 4.05. The number of nitrogens with zero attached hydrogens (tertiary/aromatic N) is 1. The van der Waals surface area contributed by atoms with Crippen molar-refractivity contribution in [2.24, 2.45) is 11.7 Å². The summed E-state index contributed by atoms with van der Waals surface area (Å²) in [4.78, 5) is 15.8. The molecule has 0 radical (unpaired) electrons. The van der Waals surface area contributed by atoms with E-state index in [2.05, 4.69) is 16.4 Å². The molecule has 2 atom stereocenters. The number of nitrogens with two attached hydrogens (primary N) is 1. The van der Waals surface area contributed by atoms with Crippen LogP contribution in [0, 0.1) is 12.8 Å². The highest BCUT2D eigenvalue weighted by molar-refractivity contribution is 5.77. The Morgan fingerprint density at radius 2 is 2.21 bits per heavy atom. The minimum absolute atomic E-state index is 0.0283. The van der Waals surface area contributed by atoms with Gasteiger partial charge in [0.1, 0.15) is 0 Å². The molecule has 0 saturated heterocycles. The summed E-state index contributed by atoms with van der Waals surface area (Å²) in [5, 5.41) is 3.51. The molecule has 4 heteroatoms. The van der Waals surface area contributed by atoms with Crippen molar-refractivity contribution in [3.05, 3.63) is 29.6 Å². The number of rotatable bonds is 4. The lowest BCUT2D eigenvalue weighted by atomic mass is 9.94. The molecule has 2 rings (SSSR count). The average molecular weight is 261 g/mol. The summed E-state index contributed by atoms with van der Waals surface area (Å²) >= 11 is 0. The van der Waals surface area contributed by atoms with Crippen molar-refractivity contribution in [1.82, 2.24) is 10.3 Å². The van der Waals surface area contributed by atoms with Gasteiger partial charge in [0, 0.05) is 24.5 Å². The molecule has 4 nitrogen and oxygen atoms in total. The highest BCUT2D eigenvalue weighted by atomic mass is 16.1. The van der Waals surface area contributed by atoms with Gasteiger partial charge < -0.3 is 11.1 Å². The van der Waals surface area contributed by atoms with Gasteiger partial charge in [-0.3, -0.25) is 9.78 Å². The molecule has 0 bridgehead atoms. The lowest BCUT2D eigenvalue weighted by Gasteiger charge is -2.24. The van der Waals surface area contributed by atoms with Crippen LogP contribution in [0.2, 0.25) is 0 Å². The summed E-state index contributed by atoms with van der Waals surface area (Å²) < 4.78 is 0. The Labute approximate surface area is 114 Å². The van der Waals surface area contributed by atoms with Crippen molar-refractivity contribution >= 4 is 5.91 Å². The normalized spacial score (nSPS) is 23.8. The summed E-state index contributed by atoms with van der Waals surface area (Å²) in [5.74, 6) is -0.193. The fraction of sp³-hybridized carbons (Fsp3) is 0.600. The van der Waals surface area contributed by atoms with Crippen LogP contribution in [0.5, 0.6) is 0 Å². The number of aryl methyl sites for hydroxylation is 1. The third kappa shape index (κ3) is 3.77. The van der Waals surface area contributed by atoms with E-state index in [0.717, 1.165) is 31.5 Å². The maximum Gasteiger partial charge on any atom is 0.222 e. The van der Waals surface area contributed by atoms with Crippen LogP contribution in [0.25, 0.3) is 0 Å². The molecule has 104 valence electrons. The summed E-state index contributed by atoms with van der Waals surface area (Å²) in [6.07, 6.45) is 7.24. The van der Waals surface area contributed by atoms with E-state index in [1.165, 1.54) is 18.4 Å². The van der Waals surface area contributed by atoms with Gasteiger partial charge >= 0.3 is 0 Å². The SMILES string of the molecule is Cc1ncccc1CN[C@H]1CCCCC[C@@H]1C(N)=O. The number of pyridine rings is 1. The van der Waals surface area contributed by atoms with E-state index in [-0.39, 0.29) is 17.9 Å². The summed E-state index contributed by atoms with van der Waals surface area (Å²) in [7, 11) is 0. The van der Waals surface area contributed by atoms with Crippen molar-refractivity contribution in [3.8, 4) is 0 Å². The standard InChI is InChI=1S/C15H23N3O/c1-11-12(6-5-9-17-11)10-18-14-8-4-2-3-7-13(14)15(16)19/h5-6,9,13-14,18H,2-4,7-8,10H2,1H3,(H2,16,19)/t13-,14-/m0/s1. The van der Waals surface area contributed by atoms with Crippen molar-refractivity contribution in [1.29, 1.82) is 0 Å². The molecule has 1 aromatic heterocycles. The van der Waals surface area contributed by atoms with Gasteiger partial charge in [-0.05, 0) is 31.4 Å². The van der Waals surface area contributed by atoms with Crippen LogP contribution in [-0.4, -0.2) is 16.9 Å². The topological polar surface area (TPSA) is 68.0 Å². The number of primary amides is 1. The zero-order chi connectivity index (χ0) is 13.7. The van der Waals surface area contributed by atoms with E-state index < -0.39 is 0 Å². The Morgan fingerprint density at radius 3 is 2.95 bits per heavy atom. The van der Waals surface area contributed by atoms with Gasteiger partial charge in [0.05, 0.1) is 5.92 Å². The average Bonchev–Trinajstić information content (AvgIpc) is 2.63. The van der Waals surface area contributed by atoms with Crippen molar-refractivity contribution in [2.75, 3.05) is 0 Å².